The van der Waals surface area contributed by atoms with Crippen molar-refractivity contribution in [1.82, 2.24) is 4.98 Å². The van der Waals surface area contributed by atoms with Crippen LogP contribution in [0.2, 0.25) is 0 Å². The quantitative estimate of drug-likeness (QED) is 0.488. The molecule has 1 aromatic rings. The molecule has 2 atom stereocenters. The molecule has 1 aliphatic rings. The maximum Gasteiger partial charge on any atom is 0.382 e. The highest BCUT2D eigenvalue weighted by Crippen LogP contribution is 2.76. The second-order valence-electron chi connectivity index (χ2n) is 2.55. The Kier molecular flexibility index (Phi) is 1.41. The van der Waals surface area contributed by atoms with Crippen LogP contribution in [0.1, 0.15) is 5.56 Å². The molecule has 64 valence electrons. The molecule has 0 spiro atoms. The lowest BCUT2D eigenvalue weighted by Gasteiger charge is -2.00. The van der Waals surface area contributed by atoms with Crippen LogP contribution < -0.4 is 5.73 Å². The summed E-state index contributed by atoms with van der Waals surface area (Å²) >= 11 is 0. The van der Waals surface area contributed by atoms with E-state index < -0.39 is 13.1 Å². The zero-order chi connectivity index (χ0) is 8.82. The van der Waals surface area contributed by atoms with Gasteiger partial charge in [0, 0.05) is 18.0 Å². The van der Waals surface area contributed by atoms with Crippen LogP contribution in [0, 0.1) is 0 Å². The molecular formula is C6H7N2O3P. The van der Waals surface area contributed by atoms with Crippen LogP contribution >= 0.6 is 7.60 Å². The number of nitrogens with zero attached hydrogens (tertiary/aromatic N) is 1. The Labute approximate surface area is 68.7 Å². The third-order valence-corrected chi connectivity index (χ3v) is 3.28. The lowest BCUT2D eigenvalue weighted by atomic mass is 10.2. The van der Waals surface area contributed by atoms with Gasteiger partial charge in [-0.1, -0.05) is 6.07 Å². The highest BCUT2D eigenvalue weighted by molar-refractivity contribution is 7.60. The second-order valence-corrected chi connectivity index (χ2v) is 4.44. The number of pyridine rings is 1. The Bertz CT molecular complexity index is 355. The normalized spacial score (nSPS) is 39.5. The number of aromatic nitrogens is 1. The molecular weight excluding hydrogens is 179 g/mol. The van der Waals surface area contributed by atoms with Crippen molar-refractivity contribution in [3.8, 4) is 0 Å². The van der Waals surface area contributed by atoms with Gasteiger partial charge >= 0.3 is 7.60 Å². The first-order chi connectivity index (χ1) is 5.56. The van der Waals surface area contributed by atoms with E-state index in [0.29, 0.717) is 5.56 Å². The molecule has 1 aromatic heterocycles. The van der Waals surface area contributed by atoms with E-state index in [4.69, 9.17) is 10.6 Å². The molecule has 0 aliphatic carbocycles. The van der Waals surface area contributed by atoms with E-state index in [1.807, 2.05) is 0 Å². The Balaban J connectivity index is 2.41. The molecule has 3 N–H and O–H groups in total. The lowest BCUT2D eigenvalue weighted by Crippen LogP contribution is -2.19. The summed E-state index contributed by atoms with van der Waals surface area (Å²) in [5.74, 6) is 0. The van der Waals surface area contributed by atoms with E-state index in [0.717, 1.165) is 0 Å². The van der Waals surface area contributed by atoms with E-state index in [-0.39, 0.29) is 0 Å². The highest BCUT2D eigenvalue weighted by Gasteiger charge is 2.67. The van der Waals surface area contributed by atoms with E-state index >= 15 is 0 Å². The molecule has 5 nitrogen and oxygen atoms in total. The predicted octanol–water partition coefficient (Wildman–Crippen LogP) is 0.366. The maximum absolute atomic E-state index is 11.0. The van der Waals surface area contributed by atoms with E-state index in [9.17, 15) is 4.57 Å². The molecule has 0 amide bonds. The minimum Gasteiger partial charge on any atom is -0.321 e. The van der Waals surface area contributed by atoms with E-state index in [2.05, 4.69) is 9.51 Å². The molecule has 6 heteroatoms. The van der Waals surface area contributed by atoms with Crippen LogP contribution in [0.3, 0.4) is 0 Å². The maximum atomic E-state index is 11.0. The molecule has 1 aliphatic heterocycles. The van der Waals surface area contributed by atoms with Crippen molar-refractivity contribution >= 4 is 7.60 Å². The molecule has 12 heavy (non-hydrogen) atoms. The number of rotatable bonds is 1. The summed E-state index contributed by atoms with van der Waals surface area (Å²) in [4.78, 5) is 12.7. The van der Waals surface area contributed by atoms with Crippen molar-refractivity contribution in [2.75, 3.05) is 0 Å². The molecule has 0 aromatic carbocycles. The van der Waals surface area contributed by atoms with Crippen molar-refractivity contribution in [3.05, 3.63) is 30.1 Å². The van der Waals surface area contributed by atoms with Crippen LogP contribution in [0.5, 0.6) is 0 Å². The van der Waals surface area contributed by atoms with Gasteiger partial charge in [-0.3, -0.25) is 19.8 Å². The average molecular weight is 186 g/mol. The van der Waals surface area contributed by atoms with Gasteiger partial charge in [0.1, 0.15) is 0 Å². The third kappa shape index (κ3) is 0.916. The summed E-state index contributed by atoms with van der Waals surface area (Å²) < 4.78 is 15.5. The number of hydrogen-bond acceptors (Lipinski definition) is 4. The van der Waals surface area contributed by atoms with Gasteiger partial charge in [0.05, 0.1) is 0 Å². The van der Waals surface area contributed by atoms with Gasteiger partial charge in [-0.15, -0.1) is 0 Å². The number of nitrogens with two attached hydrogens (primary N) is 1. The monoisotopic (exact) mass is 186 g/mol. The van der Waals surface area contributed by atoms with Gasteiger partial charge in [-0.2, -0.15) is 0 Å². The summed E-state index contributed by atoms with van der Waals surface area (Å²) in [6.07, 6.45) is 2.97. The molecule has 0 saturated carbocycles. The van der Waals surface area contributed by atoms with Crippen molar-refractivity contribution in [2.45, 2.75) is 5.47 Å². The third-order valence-electron chi connectivity index (χ3n) is 1.73. The Morgan fingerprint density at radius 2 is 2.42 bits per heavy atom. The van der Waals surface area contributed by atoms with Crippen LogP contribution in [0.25, 0.3) is 0 Å². The van der Waals surface area contributed by atoms with Crippen LogP contribution in [-0.2, 0) is 14.6 Å². The minimum absolute atomic E-state index is 0.427. The zero-order valence-electron chi connectivity index (χ0n) is 6.04. The first-order valence-electron chi connectivity index (χ1n) is 3.29. The van der Waals surface area contributed by atoms with Gasteiger partial charge in [0.25, 0.3) is 5.47 Å². The first kappa shape index (κ1) is 7.89. The standard InChI is InChI=1S/C6H7N2O3P/c7-6(11-12(6,9)10)5-2-1-3-8-4-5/h1-4H,7H2,(H,9,10). The molecule has 0 radical (unpaired) electrons. The smallest absolute Gasteiger partial charge is 0.321 e. The summed E-state index contributed by atoms with van der Waals surface area (Å²) in [5, 5.41) is 0. The lowest BCUT2D eigenvalue weighted by molar-refractivity contribution is 0.325. The van der Waals surface area contributed by atoms with E-state index in [1.165, 1.54) is 6.20 Å². The molecule has 1 saturated heterocycles. The van der Waals surface area contributed by atoms with Crippen LogP contribution in [-0.4, -0.2) is 9.88 Å². The molecule has 2 rings (SSSR count). The fraction of sp³-hybridized carbons (Fsp3) is 0.167. The van der Waals surface area contributed by atoms with Crippen molar-refractivity contribution < 1.29 is 14.0 Å². The summed E-state index contributed by atoms with van der Waals surface area (Å²) in [6, 6.07) is 3.23. The number of hydrogen-bond donors (Lipinski definition) is 2. The van der Waals surface area contributed by atoms with Crippen molar-refractivity contribution in [2.24, 2.45) is 5.73 Å². The topological polar surface area (TPSA) is 88.7 Å². The fourth-order valence-electron chi connectivity index (χ4n) is 0.959. The SMILES string of the molecule is NC1(c2cccnc2)OP1(=O)O. The van der Waals surface area contributed by atoms with Gasteiger partial charge in [-0.05, 0) is 6.07 Å². The van der Waals surface area contributed by atoms with Crippen LogP contribution in [0.15, 0.2) is 24.5 Å². The average Bonchev–Trinajstić information content (AvgIpc) is 2.55. The fourth-order valence-corrected chi connectivity index (χ4v) is 2.07. The van der Waals surface area contributed by atoms with Gasteiger partial charge in [0.15, 0.2) is 0 Å². The van der Waals surface area contributed by atoms with Gasteiger partial charge in [-0.25, -0.2) is 0 Å². The Morgan fingerprint density at radius 3 is 2.83 bits per heavy atom. The second kappa shape index (κ2) is 2.14. The van der Waals surface area contributed by atoms with Gasteiger partial charge in [0.2, 0.25) is 0 Å². The largest absolute Gasteiger partial charge is 0.382 e. The minimum atomic E-state index is -3.60. The van der Waals surface area contributed by atoms with Crippen molar-refractivity contribution in [1.29, 1.82) is 0 Å². The molecule has 2 unspecified atom stereocenters. The molecule has 0 bridgehead atoms. The van der Waals surface area contributed by atoms with E-state index in [1.54, 1.807) is 18.3 Å². The summed E-state index contributed by atoms with van der Waals surface area (Å²) in [6.45, 7) is 0. The summed E-state index contributed by atoms with van der Waals surface area (Å²) in [7, 11) is -3.60. The summed E-state index contributed by atoms with van der Waals surface area (Å²) in [5.41, 5.74) is 4.38. The van der Waals surface area contributed by atoms with Crippen molar-refractivity contribution in [3.63, 3.8) is 0 Å². The predicted molar refractivity (Wildman–Crippen MR) is 41.0 cm³/mol. The molecule has 2 heterocycles. The Hall–Kier alpha value is -0.740. The van der Waals surface area contributed by atoms with Crippen LogP contribution in [0.4, 0.5) is 0 Å². The first-order valence-corrected chi connectivity index (χ1v) is 4.87. The molecule has 1 fully saturated rings. The van der Waals surface area contributed by atoms with Gasteiger partial charge < -0.3 is 4.89 Å². The zero-order valence-corrected chi connectivity index (χ0v) is 6.94. The Morgan fingerprint density at radius 1 is 1.75 bits per heavy atom. The highest BCUT2D eigenvalue weighted by atomic mass is 31.2.